The zero-order valence-electron chi connectivity index (χ0n) is 18.7. The van der Waals surface area contributed by atoms with Crippen LogP contribution in [0.15, 0.2) is 35.1 Å². The normalized spacial score (nSPS) is 34.9. The Bertz CT molecular complexity index is 1190. The molecule has 0 bridgehead atoms. The number of carbonyl (C=O) groups is 3. The minimum Gasteiger partial charge on any atom is -0.508 e. The molecule has 34 heavy (non-hydrogen) atoms. The number of aliphatic hydroxyl groups is 5. The van der Waals surface area contributed by atoms with Gasteiger partial charge in [-0.05, 0) is 32.6 Å². The van der Waals surface area contributed by atoms with Crippen molar-refractivity contribution >= 4 is 23.2 Å². The van der Waals surface area contributed by atoms with Gasteiger partial charge in [-0.15, -0.1) is 0 Å². The molecule has 1 saturated carbocycles. The van der Waals surface area contributed by atoms with Crippen molar-refractivity contribution < 1.29 is 64.5 Å². The number of primary amides is 1. The topological polar surface area (TPSA) is 202 Å². The molecule has 0 aliphatic heterocycles. The Labute approximate surface area is 206 Å². The number of hydrogen-bond acceptors (Lipinski definition) is 10. The molecule has 1 aromatic rings. The Hall–Kier alpha value is -2.63. The Morgan fingerprint density at radius 3 is 2.24 bits per heavy atom. The van der Waals surface area contributed by atoms with E-state index in [-0.39, 0.29) is 30.6 Å². The number of amides is 1. The van der Waals surface area contributed by atoms with E-state index in [2.05, 4.69) is 0 Å². The Kier molecular flexibility index (Phi) is 6.08. The van der Waals surface area contributed by atoms with Gasteiger partial charge in [0.1, 0.15) is 22.8 Å². The van der Waals surface area contributed by atoms with Crippen molar-refractivity contribution in [3.8, 4) is 5.75 Å². The molecule has 0 radical (unpaired) electrons. The number of Topliss-reactive ketones (excluding diaryl/α,β-unsaturated/α-hetero) is 2. The van der Waals surface area contributed by atoms with E-state index in [9.17, 15) is 45.0 Å². The molecule has 0 saturated heterocycles. The van der Waals surface area contributed by atoms with Gasteiger partial charge in [0.25, 0.3) is 5.91 Å². The van der Waals surface area contributed by atoms with Crippen LogP contribution in [0.2, 0.25) is 0 Å². The van der Waals surface area contributed by atoms with E-state index in [1.165, 1.54) is 44.1 Å². The van der Waals surface area contributed by atoms with Gasteiger partial charge in [-0.3, -0.25) is 19.3 Å². The quantitative estimate of drug-likeness (QED) is 0.178. The van der Waals surface area contributed by atoms with Crippen molar-refractivity contribution in [1.82, 2.24) is 4.90 Å². The molecule has 1 fully saturated rings. The number of aliphatic hydroxyl groups excluding tert-OH is 3. The minimum absolute atomic E-state index is 0. The van der Waals surface area contributed by atoms with Crippen LogP contribution in [-0.4, -0.2) is 84.9 Å². The first-order chi connectivity index (χ1) is 15.2. The van der Waals surface area contributed by atoms with Crippen LogP contribution in [-0.2, 0) is 39.5 Å². The third-order valence-corrected chi connectivity index (χ3v) is 7.03. The fraction of sp³-hybridized carbons (Fsp3) is 0.409. The molecule has 3 aliphatic rings. The molecule has 11 nitrogen and oxygen atoms in total. The summed E-state index contributed by atoms with van der Waals surface area (Å²) in [5.74, 6) is -9.67. The maximum Gasteiger partial charge on any atom is 0.255 e. The third kappa shape index (κ3) is 2.96. The van der Waals surface area contributed by atoms with Crippen LogP contribution in [0, 0.1) is 11.8 Å². The first-order valence-electron chi connectivity index (χ1n) is 10.1. The van der Waals surface area contributed by atoms with Crippen LogP contribution in [0.25, 0.3) is 5.76 Å². The molecule has 4 rings (SSSR count). The van der Waals surface area contributed by atoms with Crippen molar-refractivity contribution in [1.29, 1.82) is 0 Å². The molecule has 0 unspecified atom stereocenters. The number of aromatic hydroxyl groups is 1. The third-order valence-electron chi connectivity index (χ3n) is 7.03. The molecular formula is C22H24N2O9Zn. The van der Waals surface area contributed by atoms with Crippen LogP contribution in [0.5, 0.6) is 5.75 Å². The van der Waals surface area contributed by atoms with Crippen molar-refractivity contribution in [2.24, 2.45) is 17.6 Å². The van der Waals surface area contributed by atoms with E-state index < -0.39 is 81.1 Å². The summed E-state index contributed by atoms with van der Waals surface area (Å²) in [5, 5.41) is 66.3. The molecule has 178 valence electrons. The smallest absolute Gasteiger partial charge is 0.255 e. The molecule has 3 aliphatic carbocycles. The second-order valence-corrected chi connectivity index (χ2v) is 9.06. The van der Waals surface area contributed by atoms with Crippen molar-refractivity contribution in [2.45, 2.75) is 30.3 Å². The first kappa shape index (κ1) is 26.0. The number of fused-ring (bicyclic) bond motifs is 3. The molecule has 0 aromatic heterocycles. The van der Waals surface area contributed by atoms with E-state index in [1.807, 2.05) is 0 Å². The number of carbonyl (C=O) groups excluding carboxylic acids is 3. The van der Waals surface area contributed by atoms with Crippen molar-refractivity contribution in [3.05, 3.63) is 46.2 Å². The summed E-state index contributed by atoms with van der Waals surface area (Å²) in [6, 6.07) is 2.50. The van der Waals surface area contributed by atoms with E-state index in [1.54, 1.807) is 0 Å². The van der Waals surface area contributed by atoms with Gasteiger partial charge in [0, 0.05) is 19.5 Å². The SMILES string of the molecule is CN(C)[C@@H]1C(=O)C(C(N)=O)=C(O)[C@@]2(O)C(=O)C3=C(O)c4c(O)cccc4[C@@](C)(O)[C@H]3[C@H](O)[C@@H]12.[Zn]. The number of nitrogens with zero attached hydrogens (tertiary/aromatic N) is 1. The van der Waals surface area contributed by atoms with E-state index >= 15 is 0 Å². The molecular weight excluding hydrogens is 502 g/mol. The van der Waals surface area contributed by atoms with Gasteiger partial charge >= 0.3 is 0 Å². The predicted molar refractivity (Wildman–Crippen MR) is 112 cm³/mol. The number of nitrogens with two attached hydrogens (primary N) is 1. The largest absolute Gasteiger partial charge is 0.508 e. The molecule has 1 aromatic carbocycles. The number of phenols is 1. The van der Waals surface area contributed by atoms with Gasteiger partial charge in [-0.1, -0.05) is 12.1 Å². The Balaban J connectivity index is 0.00000324. The monoisotopic (exact) mass is 524 g/mol. The van der Waals surface area contributed by atoms with E-state index in [0.29, 0.717) is 0 Å². The summed E-state index contributed by atoms with van der Waals surface area (Å²) in [6.45, 7) is 1.25. The summed E-state index contributed by atoms with van der Waals surface area (Å²) >= 11 is 0. The van der Waals surface area contributed by atoms with Crippen molar-refractivity contribution in [2.75, 3.05) is 14.1 Å². The summed E-state index contributed by atoms with van der Waals surface area (Å²) in [6.07, 6.45) is -1.87. The number of phenolic OH excluding ortho intramolecular Hbond substituents is 1. The van der Waals surface area contributed by atoms with E-state index in [4.69, 9.17) is 5.73 Å². The fourth-order valence-corrected chi connectivity index (χ4v) is 5.60. The van der Waals surface area contributed by atoms with Crippen LogP contribution in [0.1, 0.15) is 18.1 Å². The number of rotatable bonds is 2. The predicted octanol–water partition coefficient (Wildman–Crippen LogP) is -1.40. The van der Waals surface area contributed by atoms with Crippen LogP contribution >= 0.6 is 0 Å². The van der Waals surface area contributed by atoms with Crippen molar-refractivity contribution in [3.63, 3.8) is 0 Å². The van der Waals surface area contributed by atoms with Crippen LogP contribution in [0.3, 0.4) is 0 Å². The van der Waals surface area contributed by atoms with Gasteiger partial charge < -0.3 is 36.4 Å². The summed E-state index contributed by atoms with van der Waals surface area (Å²) in [7, 11) is 2.80. The summed E-state index contributed by atoms with van der Waals surface area (Å²) in [5.41, 5.74) is -1.78. The molecule has 12 heteroatoms. The maximum absolute atomic E-state index is 13.7. The number of hydrogen-bond donors (Lipinski definition) is 7. The zero-order chi connectivity index (χ0) is 24.8. The van der Waals surface area contributed by atoms with Crippen LogP contribution in [0.4, 0.5) is 0 Å². The van der Waals surface area contributed by atoms with Gasteiger partial charge in [0.2, 0.25) is 5.78 Å². The standard InChI is InChI=1S/C22H24N2O9.Zn/c1-21(32)7-5-4-6-8(25)9(7)15(26)10-12(21)17(28)13-14(24(2)3)16(27)11(20(23)31)19(30)22(13,33)18(10)29;/h4-6,12-14,17,25-26,28,30,32-33H,1-3H3,(H2,23,31);/t12-,13-,14+,17+,21-,22+;/m1./s1. The maximum atomic E-state index is 13.7. The molecule has 0 spiro atoms. The second kappa shape index (κ2) is 7.96. The second-order valence-electron chi connectivity index (χ2n) is 9.06. The molecule has 0 heterocycles. The molecule has 8 N–H and O–H groups in total. The molecule has 6 atom stereocenters. The van der Waals surface area contributed by atoms with Gasteiger partial charge in [0.15, 0.2) is 11.4 Å². The first-order valence-corrected chi connectivity index (χ1v) is 10.1. The van der Waals surface area contributed by atoms with Gasteiger partial charge in [-0.25, -0.2) is 0 Å². The minimum atomic E-state index is -3.02. The fourth-order valence-electron chi connectivity index (χ4n) is 5.60. The number of ketones is 2. The van der Waals surface area contributed by atoms with E-state index in [0.717, 1.165) is 0 Å². The summed E-state index contributed by atoms with van der Waals surface area (Å²) < 4.78 is 0. The summed E-state index contributed by atoms with van der Waals surface area (Å²) in [4.78, 5) is 39.9. The average molecular weight is 526 g/mol. The zero-order valence-corrected chi connectivity index (χ0v) is 21.6. The number of likely N-dealkylation sites (N-methyl/N-ethyl adjacent to an activating group) is 1. The van der Waals surface area contributed by atoms with Gasteiger partial charge in [0.05, 0.1) is 40.7 Å². The number of benzene rings is 1. The van der Waals surface area contributed by atoms with Gasteiger partial charge in [-0.2, -0.15) is 0 Å². The van der Waals surface area contributed by atoms with Crippen LogP contribution < -0.4 is 5.73 Å². The molecule has 1 amide bonds. The average Bonchev–Trinajstić information content (AvgIpc) is 2.70. The Morgan fingerprint density at radius 2 is 1.71 bits per heavy atom. The Morgan fingerprint density at radius 1 is 1.12 bits per heavy atom.